The van der Waals surface area contributed by atoms with Crippen molar-refractivity contribution in [3.8, 4) is 0 Å². The summed E-state index contributed by atoms with van der Waals surface area (Å²) >= 11 is 5.20. The van der Waals surface area contributed by atoms with E-state index < -0.39 is 21.1 Å². The van der Waals surface area contributed by atoms with Gasteiger partial charge in [-0.15, -0.1) is 0 Å². The van der Waals surface area contributed by atoms with Crippen LogP contribution in [0.1, 0.15) is 23.7 Å². The molecule has 0 radical (unpaired) electrons. The number of hydrogen-bond donors (Lipinski definition) is 1. The second-order valence-corrected chi connectivity index (χ2v) is 5.61. The van der Waals surface area contributed by atoms with Gasteiger partial charge >= 0.3 is 0 Å². The normalized spacial score (nSPS) is 11.2. The smallest absolute Gasteiger partial charge is 0.252 e. The van der Waals surface area contributed by atoms with Crippen molar-refractivity contribution in [2.24, 2.45) is 0 Å². The first-order valence-corrected chi connectivity index (χ1v) is 6.88. The minimum absolute atomic E-state index is 0.0116. The highest BCUT2D eigenvalue weighted by molar-refractivity contribution is 7.92. The van der Waals surface area contributed by atoms with Crippen molar-refractivity contribution in [2.45, 2.75) is 13.3 Å². The van der Waals surface area contributed by atoms with E-state index in [0.29, 0.717) is 6.42 Å². The van der Waals surface area contributed by atoms with E-state index in [2.05, 4.69) is 4.72 Å². The Morgan fingerprint density at radius 3 is 2.59 bits per heavy atom. The predicted molar refractivity (Wildman–Crippen MR) is 64.3 cm³/mol. The number of carbonyl (C=O) groups excluding carboxylic acids is 1. The minimum atomic E-state index is -3.51. The molecular weight excluding hydrogens is 269 g/mol. The van der Waals surface area contributed by atoms with Gasteiger partial charge in [-0.2, -0.15) is 0 Å². The predicted octanol–water partition coefficient (Wildman–Crippen LogP) is 2.36. The molecule has 0 saturated carbocycles. The molecule has 1 rings (SSSR count). The molecule has 0 amide bonds. The highest BCUT2D eigenvalue weighted by Crippen LogP contribution is 2.17. The maximum Gasteiger partial charge on any atom is 0.252 e. The van der Waals surface area contributed by atoms with E-state index in [-0.39, 0.29) is 17.0 Å². The Morgan fingerprint density at radius 1 is 1.41 bits per heavy atom. The van der Waals surface area contributed by atoms with Gasteiger partial charge in [-0.1, -0.05) is 6.92 Å². The van der Waals surface area contributed by atoms with Crippen molar-refractivity contribution >= 4 is 32.6 Å². The van der Waals surface area contributed by atoms with E-state index in [1.807, 2.05) is 0 Å². The zero-order valence-electron chi connectivity index (χ0n) is 9.04. The molecule has 0 aromatic heterocycles. The topological polar surface area (TPSA) is 63.2 Å². The SMILES string of the molecule is CCCS(=O)(=O)Nc1cc(F)cc(C(=O)Cl)c1. The van der Waals surface area contributed by atoms with Crippen LogP contribution in [0.4, 0.5) is 10.1 Å². The zero-order valence-corrected chi connectivity index (χ0v) is 10.6. The number of benzene rings is 1. The Kier molecular flexibility index (Phi) is 4.47. The summed E-state index contributed by atoms with van der Waals surface area (Å²) in [5, 5.41) is -0.847. The van der Waals surface area contributed by atoms with E-state index in [0.717, 1.165) is 12.1 Å². The Balaban J connectivity index is 3.03. The average molecular weight is 280 g/mol. The molecule has 0 aliphatic heterocycles. The van der Waals surface area contributed by atoms with Gasteiger partial charge in [0.25, 0.3) is 5.24 Å². The number of carbonyl (C=O) groups is 1. The molecule has 0 heterocycles. The van der Waals surface area contributed by atoms with Crippen molar-refractivity contribution in [3.63, 3.8) is 0 Å². The summed E-state index contributed by atoms with van der Waals surface area (Å²) in [5.41, 5.74) is -0.108. The van der Waals surface area contributed by atoms with Crippen LogP contribution in [-0.4, -0.2) is 19.4 Å². The van der Waals surface area contributed by atoms with Crippen LogP contribution in [0.25, 0.3) is 0 Å². The standard InChI is InChI=1S/C10H11ClFNO3S/c1-2-3-17(15,16)13-9-5-7(10(11)14)4-8(12)6-9/h4-6,13H,2-3H2,1H3. The number of sulfonamides is 1. The van der Waals surface area contributed by atoms with Crippen LogP contribution in [0.5, 0.6) is 0 Å². The molecule has 1 aromatic rings. The van der Waals surface area contributed by atoms with Gasteiger partial charge in [-0.3, -0.25) is 9.52 Å². The van der Waals surface area contributed by atoms with Crippen LogP contribution in [0.3, 0.4) is 0 Å². The Bertz CT molecular complexity index is 530. The first-order valence-electron chi connectivity index (χ1n) is 4.85. The summed E-state index contributed by atoms with van der Waals surface area (Å²) in [6, 6.07) is 3.11. The van der Waals surface area contributed by atoms with Crippen molar-refractivity contribution in [1.82, 2.24) is 0 Å². The molecule has 0 aliphatic carbocycles. The van der Waals surface area contributed by atoms with Gasteiger partial charge in [0.2, 0.25) is 10.0 Å². The molecule has 0 fully saturated rings. The summed E-state index contributed by atoms with van der Waals surface area (Å²) < 4.78 is 38.2. The lowest BCUT2D eigenvalue weighted by atomic mass is 10.2. The molecule has 1 N–H and O–H groups in total. The second-order valence-electron chi connectivity index (χ2n) is 3.42. The van der Waals surface area contributed by atoms with Gasteiger partial charge in [0.05, 0.1) is 11.4 Å². The van der Waals surface area contributed by atoms with E-state index in [1.165, 1.54) is 6.07 Å². The third-order valence-corrected chi connectivity index (χ3v) is 3.58. The first-order chi connectivity index (χ1) is 7.84. The largest absolute Gasteiger partial charge is 0.283 e. The molecule has 1 aromatic carbocycles. The molecule has 17 heavy (non-hydrogen) atoms. The summed E-state index contributed by atoms with van der Waals surface area (Å²) in [5.74, 6) is -0.807. The van der Waals surface area contributed by atoms with Crippen molar-refractivity contribution in [2.75, 3.05) is 10.5 Å². The third-order valence-electron chi connectivity index (χ3n) is 1.87. The lowest BCUT2D eigenvalue weighted by Crippen LogP contribution is -2.16. The number of hydrogen-bond acceptors (Lipinski definition) is 3. The molecule has 0 unspecified atom stereocenters. The number of nitrogens with one attached hydrogen (secondary N) is 1. The summed E-state index contributed by atoms with van der Waals surface area (Å²) in [4.78, 5) is 10.9. The highest BCUT2D eigenvalue weighted by atomic mass is 35.5. The maximum absolute atomic E-state index is 13.1. The maximum atomic E-state index is 13.1. The van der Waals surface area contributed by atoms with Crippen molar-refractivity contribution in [1.29, 1.82) is 0 Å². The molecule has 4 nitrogen and oxygen atoms in total. The molecule has 0 spiro atoms. The van der Waals surface area contributed by atoms with E-state index >= 15 is 0 Å². The molecule has 7 heteroatoms. The van der Waals surface area contributed by atoms with Gasteiger partial charge in [0.1, 0.15) is 5.82 Å². The van der Waals surface area contributed by atoms with Crippen LogP contribution >= 0.6 is 11.6 Å². The van der Waals surface area contributed by atoms with Crippen LogP contribution < -0.4 is 4.72 Å². The lowest BCUT2D eigenvalue weighted by Gasteiger charge is -2.07. The van der Waals surface area contributed by atoms with Crippen LogP contribution in [0.15, 0.2) is 18.2 Å². The number of rotatable bonds is 5. The van der Waals surface area contributed by atoms with Crippen molar-refractivity contribution in [3.05, 3.63) is 29.6 Å². The fourth-order valence-electron chi connectivity index (χ4n) is 1.26. The molecule has 0 saturated heterocycles. The Morgan fingerprint density at radius 2 is 2.06 bits per heavy atom. The van der Waals surface area contributed by atoms with Crippen LogP contribution in [0, 0.1) is 5.82 Å². The summed E-state index contributed by atoms with van der Waals surface area (Å²) in [6.07, 6.45) is 0.436. The Hall–Kier alpha value is -1.14. The zero-order chi connectivity index (χ0) is 13.1. The summed E-state index contributed by atoms with van der Waals surface area (Å²) in [6.45, 7) is 1.71. The second kappa shape index (κ2) is 5.46. The third kappa shape index (κ3) is 4.32. The van der Waals surface area contributed by atoms with Crippen molar-refractivity contribution < 1.29 is 17.6 Å². The van der Waals surface area contributed by atoms with Gasteiger partial charge in [-0.25, -0.2) is 12.8 Å². The van der Waals surface area contributed by atoms with Gasteiger partial charge in [-0.05, 0) is 36.2 Å². The quantitative estimate of drug-likeness (QED) is 0.842. The minimum Gasteiger partial charge on any atom is -0.283 e. The molecular formula is C10H11ClFNO3S. The highest BCUT2D eigenvalue weighted by Gasteiger charge is 2.12. The van der Waals surface area contributed by atoms with E-state index in [9.17, 15) is 17.6 Å². The Labute approximate surface area is 104 Å². The van der Waals surface area contributed by atoms with E-state index in [1.54, 1.807) is 6.92 Å². The van der Waals surface area contributed by atoms with Gasteiger partial charge in [0, 0.05) is 5.56 Å². The fourth-order valence-corrected chi connectivity index (χ4v) is 2.49. The lowest BCUT2D eigenvalue weighted by molar-refractivity contribution is 0.108. The number of halogens is 2. The monoisotopic (exact) mass is 279 g/mol. The summed E-state index contributed by atoms with van der Waals surface area (Å²) in [7, 11) is -3.51. The first kappa shape index (κ1) is 13.9. The molecule has 94 valence electrons. The van der Waals surface area contributed by atoms with E-state index in [4.69, 9.17) is 11.6 Å². The molecule has 0 aliphatic rings. The molecule has 0 atom stereocenters. The van der Waals surface area contributed by atoms with Crippen LogP contribution in [0.2, 0.25) is 0 Å². The fraction of sp³-hybridized carbons (Fsp3) is 0.300. The number of anilines is 1. The average Bonchev–Trinajstić information content (AvgIpc) is 2.15. The van der Waals surface area contributed by atoms with Gasteiger partial charge in [0.15, 0.2) is 0 Å². The van der Waals surface area contributed by atoms with Crippen LogP contribution in [-0.2, 0) is 10.0 Å². The van der Waals surface area contributed by atoms with Gasteiger partial charge < -0.3 is 0 Å². The molecule has 0 bridgehead atoms.